The van der Waals surface area contributed by atoms with E-state index in [1.807, 2.05) is 18.2 Å². The molecule has 0 amide bonds. The summed E-state index contributed by atoms with van der Waals surface area (Å²) in [5.41, 5.74) is 4.10. The summed E-state index contributed by atoms with van der Waals surface area (Å²) >= 11 is 5.91. The molecule has 18 heavy (non-hydrogen) atoms. The number of aromatic nitrogens is 1. The lowest BCUT2D eigenvalue weighted by atomic mass is 10.00. The van der Waals surface area contributed by atoms with Gasteiger partial charge < -0.3 is 0 Å². The first-order chi connectivity index (χ1) is 8.70. The summed E-state index contributed by atoms with van der Waals surface area (Å²) in [5, 5.41) is 0.651. The van der Waals surface area contributed by atoms with Crippen LogP contribution >= 0.6 is 11.6 Å². The second-order valence-electron chi connectivity index (χ2n) is 3.95. The number of nitrogens with one attached hydrogen (secondary N) is 1. The van der Waals surface area contributed by atoms with Gasteiger partial charge in [-0.05, 0) is 30.2 Å². The molecule has 0 fully saturated rings. The average molecular weight is 266 g/mol. The van der Waals surface area contributed by atoms with Gasteiger partial charge in [-0.25, -0.2) is 4.39 Å². The van der Waals surface area contributed by atoms with E-state index in [-0.39, 0.29) is 11.9 Å². The van der Waals surface area contributed by atoms with Gasteiger partial charge in [0.05, 0.1) is 12.2 Å². The van der Waals surface area contributed by atoms with E-state index in [2.05, 4.69) is 10.4 Å². The van der Waals surface area contributed by atoms with Crippen molar-refractivity contribution in [2.24, 2.45) is 5.84 Å². The molecule has 1 aromatic heterocycles. The maximum atomic E-state index is 13.6. The highest BCUT2D eigenvalue weighted by Gasteiger charge is 2.14. The summed E-state index contributed by atoms with van der Waals surface area (Å²) in [4.78, 5) is 3.72. The molecule has 1 heterocycles. The Kier molecular flexibility index (Phi) is 4.25. The number of hydrazine groups is 1. The second kappa shape index (κ2) is 5.91. The van der Waals surface area contributed by atoms with Gasteiger partial charge >= 0.3 is 0 Å². The first kappa shape index (κ1) is 13.0. The molecule has 5 heteroatoms. The van der Waals surface area contributed by atoms with Crippen LogP contribution in [0.1, 0.15) is 17.2 Å². The zero-order valence-electron chi connectivity index (χ0n) is 9.61. The topological polar surface area (TPSA) is 50.9 Å². The minimum absolute atomic E-state index is 0.313. The fraction of sp³-hybridized carbons (Fsp3) is 0.154. The third-order valence-electron chi connectivity index (χ3n) is 2.71. The van der Waals surface area contributed by atoms with Crippen LogP contribution in [-0.2, 0) is 6.42 Å². The molecule has 1 atom stereocenters. The Bertz CT molecular complexity index is 533. The molecule has 0 radical (unpaired) electrons. The summed E-state index contributed by atoms with van der Waals surface area (Å²) in [7, 11) is 0. The first-order valence-corrected chi connectivity index (χ1v) is 5.88. The van der Waals surface area contributed by atoms with Crippen LogP contribution in [0.5, 0.6) is 0 Å². The molecule has 0 saturated heterocycles. The van der Waals surface area contributed by atoms with E-state index in [1.54, 1.807) is 18.3 Å². The minimum atomic E-state index is -0.373. The highest BCUT2D eigenvalue weighted by atomic mass is 35.5. The summed E-state index contributed by atoms with van der Waals surface area (Å²) < 4.78 is 13.6. The molecule has 1 aromatic carbocycles. The van der Waals surface area contributed by atoms with Crippen molar-refractivity contribution in [1.29, 1.82) is 0 Å². The molecule has 0 saturated carbocycles. The fourth-order valence-corrected chi connectivity index (χ4v) is 2.04. The van der Waals surface area contributed by atoms with Gasteiger partial charge in [0.2, 0.25) is 0 Å². The maximum Gasteiger partial charge on any atom is 0.146 e. The highest BCUT2D eigenvalue weighted by Crippen LogP contribution is 2.21. The smallest absolute Gasteiger partial charge is 0.146 e. The van der Waals surface area contributed by atoms with Gasteiger partial charge in [-0.1, -0.05) is 23.7 Å². The van der Waals surface area contributed by atoms with Crippen LogP contribution in [-0.4, -0.2) is 4.98 Å². The van der Waals surface area contributed by atoms with Crippen LogP contribution in [0, 0.1) is 5.82 Å². The molecule has 0 spiro atoms. The maximum absolute atomic E-state index is 13.6. The van der Waals surface area contributed by atoms with E-state index in [9.17, 15) is 4.39 Å². The van der Waals surface area contributed by atoms with E-state index in [0.717, 1.165) is 5.56 Å². The SMILES string of the molecule is NNC(Cc1cccc(Cl)c1)c1ccncc1F. The van der Waals surface area contributed by atoms with Gasteiger partial charge in [0.1, 0.15) is 5.82 Å². The van der Waals surface area contributed by atoms with Gasteiger partial charge in [0, 0.05) is 16.8 Å². The van der Waals surface area contributed by atoms with Gasteiger partial charge in [-0.3, -0.25) is 16.3 Å². The summed E-state index contributed by atoms with van der Waals surface area (Å²) in [6, 6.07) is 8.72. The van der Waals surface area contributed by atoms with E-state index in [0.29, 0.717) is 17.0 Å². The van der Waals surface area contributed by atoms with Crippen LogP contribution in [0.15, 0.2) is 42.7 Å². The number of halogens is 2. The van der Waals surface area contributed by atoms with Crippen molar-refractivity contribution in [2.45, 2.75) is 12.5 Å². The number of hydrogen-bond donors (Lipinski definition) is 2. The van der Waals surface area contributed by atoms with Crippen LogP contribution in [0.3, 0.4) is 0 Å². The Labute approximate surface area is 110 Å². The predicted molar refractivity (Wildman–Crippen MR) is 69.4 cm³/mol. The standard InChI is InChI=1S/C13H13ClFN3/c14-10-3-1-2-9(6-10)7-13(18-16)11-4-5-17-8-12(11)15/h1-6,8,13,18H,7,16H2. The van der Waals surface area contributed by atoms with Crippen molar-refractivity contribution in [3.05, 3.63) is 64.7 Å². The zero-order valence-corrected chi connectivity index (χ0v) is 10.4. The van der Waals surface area contributed by atoms with Gasteiger partial charge in [-0.2, -0.15) is 0 Å². The van der Waals surface area contributed by atoms with Crippen molar-refractivity contribution < 1.29 is 4.39 Å². The first-order valence-electron chi connectivity index (χ1n) is 5.50. The Morgan fingerprint density at radius 1 is 1.39 bits per heavy atom. The Hall–Kier alpha value is -1.49. The monoisotopic (exact) mass is 265 g/mol. The number of hydrogen-bond acceptors (Lipinski definition) is 3. The molecule has 0 aliphatic heterocycles. The molecule has 1 unspecified atom stereocenters. The summed E-state index contributed by atoms with van der Waals surface area (Å²) in [6.45, 7) is 0. The Morgan fingerprint density at radius 3 is 2.89 bits per heavy atom. The van der Waals surface area contributed by atoms with Crippen LogP contribution in [0.25, 0.3) is 0 Å². The number of rotatable bonds is 4. The van der Waals surface area contributed by atoms with Crippen LogP contribution in [0.2, 0.25) is 5.02 Å². The predicted octanol–water partition coefficient (Wildman–Crippen LogP) is 2.62. The third-order valence-corrected chi connectivity index (χ3v) is 2.94. The number of nitrogens with zero attached hydrogens (tertiary/aromatic N) is 1. The van der Waals surface area contributed by atoms with Crippen molar-refractivity contribution in [1.82, 2.24) is 10.4 Å². The summed E-state index contributed by atoms with van der Waals surface area (Å²) in [6.07, 6.45) is 3.27. The Balaban J connectivity index is 2.23. The average Bonchev–Trinajstić information content (AvgIpc) is 2.37. The normalized spacial score (nSPS) is 12.4. The van der Waals surface area contributed by atoms with E-state index in [4.69, 9.17) is 17.4 Å². The van der Waals surface area contributed by atoms with Crippen molar-refractivity contribution >= 4 is 11.6 Å². The Morgan fingerprint density at radius 2 is 2.22 bits per heavy atom. The highest BCUT2D eigenvalue weighted by molar-refractivity contribution is 6.30. The number of pyridine rings is 1. The number of benzene rings is 1. The second-order valence-corrected chi connectivity index (χ2v) is 4.39. The molecule has 2 rings (SSSR count). The summed E-state index contributed by atoms with van der Waals surface area (Å²) in [5.74, 6) is 5.12. The lowest BCUT2D eigenvalue weighted by Gasteiger charge is -2.17. The zero-order chi connectivity index (χ0) is 13.0. The van der Waals surface area contributed by atoms with Crippen LogP contribution < -0.4 is 11.3 Å². The minimum Gasteiger partial charge on any atom is -0.271 e. The molecule has 0 aliphatic rings. The van der Waals surface area contributed by atoms with Crippen molar-refractivity contribution in [3.8, 4) is 0 Å². The molecule has 94 valence electrons. The van der Waals surface area contributed by atoms with Gasteiger partial charge in [-0.15, -0.1) is 0 Å². The lowest BCUT2D eigenvalue weighted by molar-refractivity contribution is 0.508. The van der Waals surface area contributed by atoms with Gasteiger partial charge in [0.25, 0.3) is 0 Å². The quantitative estimate of drug-likeness (QED) is 0.660. The van der Waals surface area contributed by atoms with Gasteiger partial charge in [0.15, 0.2) is 0 Å². The van der Waals surface area contributed by atoms with E-state index >= 15 is 0 Å². The van der Waals surface area contributed by atoms with E-state index in [1.165, 1.54) is 6.20 Å². The number of nitrogens with two attached hydrogens (primary N) is 1. The van der Waals surface area contributed by atoms with Crippen molar-refractivity contribution in [3.63, 3.8) is 0 Å². The molecule has 3 N–H and O–H groups in total. The third kappa shape index (κ3) is 3.04. The molecular weight excluding hydrogens is 253 g/mol. The van der Waals surface area contributed by atoms with Crippen molar-refractivity contribution in [2.75, 3.05) is 0 Å². The lowest BCUT2D eigenvalue weighted by Crippen LogP contribution is -2.30. The molecule has 0 aliphatic carbocycles. The van der Waals surface area contributed by atoms with Crippen LogP contribution in [0.4, 0.5) is 4.39 Å². The molecular formula is C13H13ClFN3. The fourth-order valence-electron chi connectivity index (χ4n) is 1.83. The molecule has 0 bridgehead atoms. The molecule has 3 nitrogen and oxygen atoms in total. The largest absolute Gasteiger partial charge is 0.271 e. The van der Waals surface area contributed by atoms with E-state index < -0.39 is 0 Å². The molecule has 2 aromatic rings.